The molecule has 0 radical (unpaired) electrons. The molecule has 1 aliphatic rings. The van der Waals surface area contributed by atoms with Gasteiger partial charge in [-0.3, -0.25) is 4.98 Å². The van der Waals surface area contributed by atoms with Gasteiger partial charge in [-0.15, -0.1) is 0 Å². The van der Waals surface area contributed by atoms with Crippen molar-refractivity contribution in [3.05, 3.63) is 118 Å². The fraction of sp³-hybridized carbons (Fsp3) is 0.0667. The van der Waals surface area contributed by atoms with E-state index in [9.17, 15) is 20.1 Å². The van der Waals surface area contributed by atoms with Gasteiger partial charge in [0.05, 0.1) is 27.4 Å². The summed E-state index contributed by atoms with van der Waals surface area (Å²) in [7, 11) is 0. The maximum atomic E-state index is 12.1. The van der Waals surface area contributed by atoms with Crippen LogP contribution >= 0.6 is 11.6 Å². The number of aromatic carboxylic acids is 1. The summed E-state index contributed by atoms with van der Waals surface area (Å²) in [4.78, 5) is 16.6. The molecular formula is C30H21ClN2O5. The average Bonchev–Trinajstić information content (AvgIpc) is 2.92. The number of carboxylic acid groups (broad SMARTS) is 1. The number of pyridine rings is 1. The van der Waals surface area contributed by atoms with Crippen LogP contribution < -0.4 is 10.1 Å². The number of phenolic OH excluding ortho intramolecular Hbond substituents is 2. The SMILES string of the molecule is O=C(O)c1ccccc1C1c2cc(Cl)c(O)cc2Oc2c1ccc(O)c2CNc1cccc2cccnc12. The number of nitrogens with zero attached hydrogens (tertiary/aromatic N) is 1. The van der Waals surface area contributed by atoms with E-state index >= 15 is 0 Å². The third kappa shape index (κ3) is 3.93. The molecule has 0 saturated carbocycles. The van der Waals surface area contributed by atoms with Crippen molar-refractivity contribution >= 4 is 34.2 Å². The smallest absolute Gasteiger partial charge is 0.335 e. The maximum Gasteiger partial charge on any atom is 0.335 e. The molecule has 8 heteroatoms. The van der Waals surface area contributed by atoms with E-state index in [-0.39, 0.29) is 28.6 Å². The Morgan fingerprint density at radius 1 is 0.921 bits per heavy atom. The van der Waals surface area contributed by atoms with Crippen molar-refractivity contribution in [2.24, 2.45) is 0 Å². The van der Waals surface area contributed by atoms with Gasteiger partial charge < -0.3 is 25.4 Å². The maximum absolute atomic E-state index is 12.1. The molecular weight excluding hydrogens is 504 g/mol. The first-order valence-corrected chi connectivity index (χ1v) is 12.2. The summed E-state index contributed by atoms with van der Waals surface area (Å²) in [5.74, 6) is -1.09. The Labute approximate surface area is 222 Å². The summed E-state index contributed by atoms with van der Waals surface area (Å²) in [6.45, 7) is 0.201. The summed E-state index contributed by atoms with van der Waals surface area (Å²) in [6, 6.07) is 22.7. The highest BCUT2D eigenvalue weighted by atomic mass is 35.5. The molecule has 0 aliphatic carbocycles. The first-order chi connectivity index (χ1) is 18.4. The molecule has 1 atom stereocenters. The molecule has 0 saturated heterocycles. The number of nitrogens with one attached hydrogen (secondary N) is 1. The third-order valence-corrected chi connectivity index (χ3v) is 7.07. The first-order valence-electron chi connectivity index (χ1n) is 11.9. The number of anilines is 1. The Morgan fingerprint density at radius 3 is 2.58 bits per heavy atom. The highest BCUT2D eigenvalue weighted by molar-refractivity contribution is 6.32. The number of phenols is 2. The van der Waals surface area contributed by atoms with Gasteiger partial charge in [0.1, 0.15) is 23.0 Å². The number of halogens is 1. The van der Waals surface area contributed by atoms with Gasteiger partial charge in [-0.25, -0.2) is 4.79 Å². The number of aromatic hydroxyl groups is 2. The van der Waals surface area contributed by atoms with E-state index in [2.05, 4.69) is 10.3 Å². The highest BCUT2D eigenvalue weighted by Gasteiger charge is 2.34. The van der Waals surface area contributed by atoms with E-state index < -0.39 is 11.9 Å². The summed E-state index contributed by atoms with van der Waals surface area (Å²) >= 11 is 6.27. The molecule has 7 nitrogen and oxygen atoms in total. The number of para-hydroxylation sites is 1. The number of fused-ring (bicyclic) bond motifs is 3. The van der Waals surface area contributed by atoms with Crippen LogP contribution in [0.15, 0.2) is 85.1 Å². The number of carbonyl (C=O) groups is 1. The van der Waals surface area contributed by atoms with Crippen LogP contribution in [0.2, 0.25) is 5.02 Å². The van der Waals surface area contributed by atoms with Crippen molar-refractivity contribution in [3.63, 3.8) is 0 Å². The standard InChI is InChI=1S/C30H21ClN2O5/c31-22-13-20-26(14-25(22)35)38-29-19(27(20)17-7-1-2-8-18(17)30(36)37)10-11-24(34)21(29)15-33-23-9-3-5-16-6-4-12-32-28(16)23/h1-14,27,33-35H,15H2,(H,36,37). The minimum absolute atomic E-state index is 0.0105. The fourth-order valence-corrected chi connectivity index (χ4v) is 5.18. The Kier molecular flexibility index (Phi) is 5.77. The monoisotopic (exact) mass is 524 g/mol. The molecule has 1 unspecified atom stereocenters. The molecule has 0 spiro atoms. The Hall–Kier alpha value is -4.75. The lowest BCUT2D eigenvalue weighted by molar-refractivity contribution is 0.0695. The summed E-state index contributed by atoms with van der Waals surface area (Å²) in [6.07, 6.45) is 1.72. The van der Waals surface area contributed by atoms with Crippen molar-refractivity contribution in [2.45, 2.75) is 12.5 Å². The summed E-state index contributed by atoms with van der Waals surface area (Å²) in [5.41, 5.74) is 4.00. The number of ether oxygens (including phenoxy) is 1. The van der Waals surface area contributed by atoms with E-state index in [1.165, 1.54) is 6.07 Å². The van der Waals surface area contributed by atoms with Gasteiger partial charge in [0.15, 0.2) is 0 Å². The van der Waals surface area contributed by atoms with Crippen LogP contribution in [0.4, 0.5) is 5.69 Å². The first kappa shape index (κ1) is 23.6. The molecule has 4 aromatic carbocycles. The second-order valence-corrected chi connectivity index (χ2v) is 9.39. The Balaban J connectivity index is 1.51. The molecule has 5 aromatic rings. The number of benzene rings is 4. The number of aromatic nitrogens is 1. The van der Waals surface area contributed by atoms with Crippen LogP contribution in [0.3, 0.4) is 0 Å². The number of hydrogen-bond acceptors (Lipinski definition) is 6. The number of rotatable bonds is 5. The molecule has 1 aromatic heterocycles. The van der Waals surface area contributed by atoms with Gasteiger partial charge in [0.2, 0.25) is 0 Å². The summed E-state index contributed by atoms with van der Waals surface area (Å²) in [5, 5.41) is 35.6. The normalized spacial score (nSPS) is 13.9. The number of hydrogen-bond donors (Lipinski definition) is 4. The van der Waals surface area contributed by atoms with Crippen LogP contribution in [0.1, 0.15) is 38.5 Å². The molecule has 6 rings (SSSR count). The lowest BCUT2D eigenvalue weighted by atomic mass is 9.79. The second-order valence-electron chi connectivity index (χ2n) is 8.98. The minimum atomic E-state index is -1.07. The minimum Gasteiger partial charge on any atom is -0.507 e. The predicted molar refractivity (Wildman–Crippen MR) is 145 cm³/mol. The van der Waals surface area contributed by atoms with Crippen molar-refractivity contribution in [1.82, 2.24) is 4.98 Å². The topological polar surface area (TPSA) is 112 Å². The molecule has 1 aliphatic heterocycles. The molecule has 2 heterocycles. The predicted octanol–water partition coefficient (Wildman–Crippen LogP) is 6.90. The van der Waals surface area contributed by atoms with Gasteiger partial charge in [-0.1, -0.05) is 54.1 Å². The molecule has 38 heavy (non-hydrogen) atoms. The van der Waals surface area contributed by atoms with Gasteiger partial charge in [0, 0.05) is 41.2 Å². The average molecular weight is 525 g/mol. The Morgan fingerprint density at radius 2 is 1.74 bits per heavy atom. The zero-order chi connectivity index (χ0) is 26.4. The lowest BCUT2D eigenvalue weighted by Crippen LogP contribution is -2.17. The van der Waals surface area contributed by atoms with Gasteiger partial charge in [-0.05, 0) is 35.9 Å². The van der Waals surface area contributed by atoms with E-state index in [0.29, 0.717) is 33.8 Å². The van der Waals surface area contributed by atoms with Crippen LogP contribution in [0, 0.1) is 0 Å². The van der Waals surface area contributed by atoms with Crippen LogP contribution in [-0.4, -0.2) is 26.3 Å². The Bertz CT molecular complexity index is 1730. The molecule has 0 amide bonds. The fourth-order valence-electron chi connectivity index (χ4n) is 5.01. The molecule has 4 N–H and O–H groups in total. The van der Waals surface area contributed by atoms with E-state index in [0.717, 1.165) is 16.6 Å². The third-order valence-electron chi connectivity index (χ3n) is 6.77. The van der Waals surface area contributed by atoms with Gasteiger partial charge in [0.25, 0.3) is 0 Å². The lowest BCUT2D eigenvalue weighted by Gasteiger charge is -2.31. The van der Waals surface area contributed by atoms with E-state index in [1.54, 1.807) is 48.7 Å². The number of carboxylic acids is 1. The van der Waals surface area contributed by atoms with Crippen LogP contribution in [0.5, 0.6) is 23.0 Å². The van der Waals surface area contributed by atoms with Gasteiger partial charge >= 0.3 is 5.97 Å². The quantitative estimate of drug-likeness (QED) is 0.194. The zero-order valence-corrected chi connectivity index (χ0v) is 20.6. The van der Waals surface area contributed by atoms with Crippen molar-refractivity contribution in [2.75, 3.05) is 5.32 Å². The largest absolute Gasteiger partial charge is 0.507 e. The molecule has 188 valence electrons. The van der Waals surface area contributed by atoms with Crippen molar-refractivity contribution in [3.8, 4) is 23.0 Å². The van der Waals surface area contributed by atoms with Gasteiger partial charge in [-0.2, -0.15) is 0 Å². The van der Waals surface area contributed by atoms with Crippen molar-refractivity contribution < 1.29 is 24.9 Å². The zero-order valence-electron chi connectivity index (χ0n) is 19.9. The van der Waals surface area contributed by atoms with Crippen LogP contribution in [0.25, 0.3) is 10.9 Å². The highest BCUT2D eigenvalue weighted by Crippen LogP contribution is 2.52. The molecule has 0 bridgehead atoms. The van der Waals surface area contributed by atoms with Crippen molar-refractivity contribution in [1.29, 1.82) is 0 Å². The second kappa shape index (κ2) is 9.28. The molecule has 0 fully saturated rings. The van der Waals surface area contributed by atoms with Crippen LogP contribution in [-0.2, 0) is 6.54 Å². The summed E-state index contributed by atoms with van der Waals surface area (Å²) < 4.78 is 6.27. The van der Waals surface area contributed by atoms with E-state index in [1.807, 2.05) is 30.3 Å². The van der Waals surface area contributed by atoms with E-state index in [4.69, 9.17) is 16.3 Å².